The number of rotatable bonds is 4. The van der Waals surface area contributed by atoms with Crippen molar-refractivity contribution in [1.82, 2.24) is 0 Å². The summed E-state index contributed by atoms with van der Waals surface area (Å²) in [7, 11) is 1.38. The van der Waals surface area contributed by atoms with Gasteiger partial charge in [-0.15, -0.1) is 0 Å². The van der Waals surface area contributed by atoms with Gasteiger partial charge in [0.05, 0.1) is 24.7 Å². The Hall–Kier alpha value is -2.83. The minimum Gasteiger partial charge on any atom is -0.490 e. The fraction of sp³-hybridized carbons (Fsp3) is 0.250. The summed E-state index contributed by atoms with van der Waals surface area (Å²) < 4.78 is 24.2. The maximum atomic E-state index is 13.8. The average Bonchev–Trinajstić information content (AvgIpc) is 2.55. The zero-order chi connectivity index (χ0) is 16.4. The van der Waals surface area contributed by atoms with E-state index in [0.29, 0.717) is 18.7 Å². The highest BCUT2D eigenvalue weighted by Gasteiger charge is 2.24. The molecule has 0 radical (unpaired) electrons. The van der Waals surface area contributed by atoms with E-state index in [1.165, 1.54) is 19.2 Å². The van der Waals surface area contributed by atoms with Crippen LogP contribution in [0, 0.1) is 15.9 Å². The highest BCUT2D eigenvalue weighted by molar-refractivity contribution is 5.59. The molecule has 0 saturated heterocycles. The van der Waals surface area contributed by atoms with Crippen molar-refractivity contribution in [2.24, 2.45) is 0 Å². The summed E-state index contributed by atoms with van der Waals surface area (Å²) in [5, 5.41) is 14.2. The molecule has 0 unspecified atom stereocenters. The Morgan fingerprint density at radius 3 is 2.96 bits per heavy atom. The van der Waals surface area contributed by atoms with Crippen molar-refractivity contribution >= 4 is 11.4 Å². The van der Waals surface area contributed by atoms with Crippen LogP contribution in [0.2, 0.25) is 0 Å². The number of anilines is 1. The quantitative estimate of drug-likeness (QED) is 0.687. The second kappa shape index (κ2) is 6.12. The third kappa shape index (κ3) is 2.90. The molecule has 0 bridgehead atoms. The molecular weight excluding hydrogens is 303 g/mol. The molecule has 1 N–H and O–H groups in total. The molecule has 1 heterocycles. The van der Waals surface area contributed by atoms with Crippen molar-refractivity contribution in [2.45, 2.75) is 12.5 Å². The average molecular weight is 318 g/mol. The summed E-state index contributed by atoms with van der Waals surface area (Å²) in [6.45, 7) is 0.399. The number of para-hydroxylation sites is 1. The Balaban J connectivity index is 1.89. The largest absolute Gasteiger partial charge is 0.490 e. The van der Waals surface area contributed by atoms with Gasteiger partial charge in [0.1, 0.15) is 0 Å². The molecule has 23 heavy (non-hydrogen) atoms. The number of methoxy groups -OCH3 is 1. The van der Waals surface area contributed by atoms with Crippen LogP contribution in [-0.2, 0) is 0 Å². The first kappa shape index (κ1) is 15.1. The molecule has 6 nitrogen and oxygen atoms in total. The second-order valence-electron chi connectivity index (χ2n) is 5.14. The standard InChI is InChI=1S/C16H15FN2O4/c1-22-15-9-10(5-6-14(15)19(20)21)18-13-7-8-23-16-11(13)3-2-4-12(16)17/h2-6,9,13,18H,7-8H2,1H3/t13-/m0/s1. The van der Waals surface area contributed by atoms with Crippen molar-refractivity contribution in [1.29, 1.82) is 0 Å². The van der Waals surface area contributed by atoms with Gasteiger partial charge >= 0.3 is 5.69 Å². The summed E-state index contributed by atoms with van der Waals surface area (Å²) in [6, 6.07) is 9.21. The summed E-state index contributed by atoms with van der Waals surface area (Å²) in [6.07, 6.45) is 0.662. The van der Waals surface area contributed by atoms with Gasteiger partial charge in [0.25, 0.3) is 0 Å². The molecule has 2 aromatic rings. The van der Waals surface area contributed by atoms with Gasteiger partial charge in [0.15, 0.2) is 17.3 Å². The lowest BCUT2D eigenvalue weighted by molar-refractivity contribution is -0.385. The number of nitrogens with one attached hydrogen (secondary N) is 1. The molecule has 0 spiro atoms. The van der Waals surface area contributed by atoms with E-state index in [1.54, 1.807) is 24.3 Å². The molecule has 7 heteroatoms. The number of halogens is 1. The maximum absolute atomic E-state index is 13.8. The zero-order valence-electron chi connectivity index (χ0n) is 12.4. The lowest BCUT2D eigenvalue weighted by atomic mass is 10.00. The van der Waals surface area contributed by atoms with Crippen molar-refractivity contribution in [3.8, 4) is 11.5 Å². The Kier molecular flexibility index (Phi) is 4.01. The van der Waals surface area contributed by atoms with Gasteiger partial charge in [0, 0.05) is 29.8 Å². The Morgan fingerprint density at radius 2 is 2.22 bits per heavy atom. The van der Waals surface area contributed by atoms with E-state index < -0.39 is 10.7 Å². The Labute approximate surface area is 132 Å². The Morgan fingerprint density at radius 1 is 1.39 bits per heavy atom. The SMILES string of the molecule is COc1cc(N[C@H]2CCOc3c(F)cccc32)ccc1[N+](=O)[O-]. The smallest absolute Gasteiger partial charge is 0.311 e. The maximum Gasteiger partial charge on any atom is 0.311 e. The number of hydrogen-bond acceptors (Lipinski definition) is 5. The molecule has 0 amide bonds. The van der Waals surface area contributed by atoms with E-state index in [-0.39, 0.29) is 23.2 Å². The highest BCUT2D eigenvalue weighted by atomic mass is 19.1. The van der Waals surface area contributed by atoms with Gasteiger partial charge < -0.3 is 14.8 Å². The molecule has 1 aliphatic rings. The van der Waals surface area contributed by atoms with Gasteiger partial charge in [-0.1, -0.05) is 12.1 Å². The summed E-state index contributed by atoms with van der Waals surface area (Å²) in [5.74, 6) is 0.0342. The van der Waals surface area contributed by atoms with Crippen LogP contribution in [-0.4, -0.2) is 18.6 Å². The van der Waals surface area contributed by atoms with Gasteiger partial charge in [-0.3, -0.25) is 10.1 Å². The monoisotopic (exact) mass is 318 g/mol. The van der Waals surface area contributed by atoms with Crippen LogP contribution >= 0.6 is 0 Å². The van der Waals surface area contributed by atoms with Crippen LogP contribution in [0.15, 0.2) is 36.4 Å². The third-order valence-corrected chi connectivity index (χ3v) is 3.74. The van der Waals surface area contributed by atoms with E-state index in [4.69, 9.17) is 9.47 Å². The van der Waals surface area contributed by atoms with Crippen LogP contribution in [0.5, 0.6) is 11.5 Å². The highest BCUT2D eigenvalue weighted by Crippen LogP contribution is 2.37. The zero-order valence-corrected chi connectivity index (χ0v) is 12.4. The minimum atomic E-state index is -0.498. The second-order valence-corrected chi connectivity index (χ2v) is 5.14. The molecular formula is C16H15FN2O4. The number of nitro benzene ring substituents is 1. The number of benzene rings is 2. The lowest BCUT2D eigenvalue weighted by Gasteiger charge is -2.27. The van der Waals surface area contributed by atoms with E-state index in [0.717, 1.165) is 5.56 Å². The predicted molar refractivity (Wildman–Crippen MR) is 82.5 cm³/mol. The summed E-state index contributed by atoms with van der Waals surface area (Å²) in [4.78, 5) is 10.4. The number of ether oxygens (including phenoxy) is 2. The molecule has 0 fully saturated rings. The first-order valence-corrected chi connectivity index (χ1v) is 7.10. The normalized spacial score (nSPS) is 16.2. The molecule has 0 saturated carbocycles. The summed E-state index contributed by atoms with van der Waals surface area (Å²) >= 11 is 0. The van der Waals surface area contributed by atoms with Gasteiger partial charge in [-0.2, -0.15) is 0 Å². The van der Waals surface area contributed by atoms with E-state index in [1.807, 2.05) is 0 Å². The topological polar surface area (TPSA) is 73.6 Å². The van der Waals surface area contributed by atoms with Crippen molar-refractivity contribution in [3.63, 3.8) is 0 Å². The molecule has 3 rings (SSSR count). The number of nitrogens with zero attached hydrogens (tertiary/aromatic N) is 1. The molecule has 0 aromatic heterocycles. The van der Waals surface area contributed by atoms with Crippen LogP contribution in [0.1, 0.15) is 18.0 Å². The number of fused-ring (bicyclic) bond motifs is 1. The molecule has 1 atom stereocenters. The fourth-order valence-corrected chi connectivity index (χ4v) is 2.66. The van der Waals surface area contributed by atoms with Crippen LogP contribution in [0.25, 0.3) is 0 Å². The lowest BCUT2D eigenvalue weighted by Crippen LogP contribution is -2.21. The molecule has 1 aliphatic heterocycles. The molecule has 0 aliphatic carbocycles. The number of hydrogen-bond donors (Lipinski definition) is 1. The fourth-order valence-electron chi connectivity index (χ4n) is 2.66. The van der Waals surface area contributed by atoms with E-state index in [9.17, 15) is 14.5 Å². The van der Waals surface area contributed by atoms with Crippen molar-refractivity contribution in [2.75, 3.05) is 19.0 Å². The van der Waals surface area contributed by atoms with E-state index >= 15 is 0 Å². The van der Waals surface area contributed by atoms with Crippen molar-refractivity contribution in [3.05, 3.63) is 57.9 Å². The molecule has 120 valence electrons. The predicted octanol–water partition coefficient (Wildman–Crippen LogP) is 3.68. The minimum absolute atomic E-state index is 0.100. The van der Waals surface area contributed by atoms with Gasteiger partial charge in [-0.25, -0.2) is 4.39 Å². The first-order valence-electron chi connectivity index (χ1n) is 7.10. The van der Waals surface area contributed by atoms with Crippen LogP contribution < -0.4 is 14.8 Å². The van der Waals surface area contributed by atoms with Crippen LogP contribution in [0.4, 0.5) is 15.8 Å². The number of nitro groups is 1. The van der Waals surface area contributed by atoms with Crippen LogP contribution in [0.3, 0.4) is 0 Å². The third-order valence-electron chi connectivity index (χ3n) is 3.74. The summed E-state index contributed by atoms with van der Waals surface area (Å²) in [5.41, 5.74) is 1.29. The van der Waals surface area contributed by atoms with Gasteiger partial charge in [-0.05, 0) is 12.1 Å². The molecule has 2 aromatic carbocycles. The van der Waals surface area contributed by atoms with Crippen molar-refractivity contribution < 1.29 is 18.8 Å². The van der Waals surface area contributed by atoms with Gasteiger partial charge in [0.2, 0.25) is 0 Å². The Bertz CT molecular complexity index is 751. The van der Waals surface area contributed by atoms with E-state index in [2.05, 4.69) is 5.32 Å². The first-order chi connectivity index (χ1) is 11.1.